The molecule has 0 atom stereocenters. The average Bonchev–Trinajstić information content (AvgIpc) is 2.19. The number of aliphatic carboxylic acids is 1. The second-order valence-electron chi connectivity index (χ2n) is 4.37. The summed E-state index contributed by atoms with van der Waals surface area (Å²) in [7, 11) is 0. The zero-order valence-corrected chi connectivity index (χ0v) is 9.86. The molecule has 0 spiro atoms. The Morgan fingerprint density at radius 1 is 1.31 bits per heavy atom. The number of nitrogens with one attached hydrogen (secondary N) is 1. The first-order valence-corrected chi connectivity index (χ1v) is 5.62. The first-order chi connectivity index (χ1) is 7.58. The lowest BCUT2D eigenvalue weighted by Gasteiger charge is -2.07. The minimum Gasteiger partial charge on any atom is -0.481 e. The normalized spacial score (nSPS) is 10.4. The van der Waals surface area contributed by atoms with Crippen LogP contribution in [0.3, 0.4) is 0 Å². The number of hydrogen-bond acceptors (Lipinski definition) is 2. The molecule has 1 aromatic carbocycles. The van der Waals surface area contributed by atoms with Crippen molar-refractivity contribution in [3.8, 4) is 0 Å². The van der Waals surface area contributed by atoms with Crippen LogP contribution in [0.1, 0.15) is 25.8 Å². The predicted octanol–water partition coefficient (Wildman–Crippen LogP) is 2.77. The molecule has 2 N–H and O–H groups in total. The SMILES string of the molecule is CC(C)Cc1ccc(NCCC(=O)O)cc1. The minimum absolute atomic E-state index is 0.147. The molecule has 0 heterocycles. The Balaban J connectivity index is 2.42. The van der Waals surface area contributed by atoms with Crippen molar-refractivity contribution in [3.05, 3.63) is 29.8 Å². The van der Waals surface area contributed by atoms with E-state index in [0.29, 0.717) is 12.5 Å². The van der Waals surface area contributed by atoms with Crippen LogP contribution in [0.5, 0.6) is 0 Å². The Morgan fingerprint density at radius 3 is 2.44 bits per heavy atom. The molecule has 0 bridgehead atoms. The molecule has 3 heteroatoms. The van der Waals surface area contributed by atoms with Gasteiger partial charge in [0.25, 0.3) is 0 Å². The summed E-state index contributed by atoms with van der Waals surface area (Å²) in [6, 6.07) is 8.17. The maximum Gasteiger partial charge on any atom is 0.305 e. The van der Waals surface area contributed by atoms with Gasteiger partial charge in [0.2, 0.25) is 0 Å². The minimum atomic E-state index is -0.774. The van der Waals surface area contributed by atoms with Crippen LogP contribution in [0, 0.1) is 5.92 Å². The van der Waals surface area contributed by atoms with Gasteiger partial charge < -0.3 is 10.4 Å². The standard InChI is InChI=1S/C13H19NO2/c1-10(2)9-11-3-5-12(6-4-11)14-8-7-13(15)16/h3-6,10,14H,7-9H2,1-2H3,(H,15,16). The monoisotopic (exact) mass is 221 g/mol. The van der Waals surface area contributed by atoms with Gasteiger partial charge in [-0.25, -0.2) is 0 Å². The molecule has 1 aromatic rings. The molecule has 0 saturated heterocycles. The lowest BCUT2D eigenvalue weighted by atomic mass is 10.0. The number of anilines is 1. The molecule has 0 saturated carbocycles. The van der Waals surface area contributed by atoms with E-state index in [1.165, 1.54) is 5.56 Å². The Morgan fingerprint density at radius 2 is 1.94 bits per heavy atom. The third-order valence-corrected chi connectivity index (χ3v) is 2.27. The van der Waals surface area contributed by atoms with Crippen LogP contribution in [-0.4, -0.2) is 17.6 Å². The van der Waals surface area contributed by atoms with Crippen LogP contribution in [-0.2, 0) is 11.2 Å². The highest BCUT2D eigenvalue weighted by Gasteiger charge is 1.99. The van der Waals surface area contributed by atoms with E-state index >= 15 is 0 Å². The maximum atomic E-state index is 10.3. The molecule has 0 radical (unpaired) electrons. The molecule has 16 heavy (non-hydrogen) atoms. The molecule has 88 valence electrons. The van der Waals surface area contributed by atoms with E-state index in [0.717, 1.165) is 12.1 Å². The second-order valence-corrected chi connectivity index (χ2v) is 4.37. The van der Waals surface area contributed by atoms with Gasteiger partial charge in [-0.15, -0.1) is 0 Å². The van der Waals surface area contributed by atoms with E-state index in [1.54, 1.807) is 0 Å². The van der Waals surface area contributed by atoms with Gasteiger partial charge in [0, 0.05) is 12.2 Å². The Hall–Kier alpha value is -1.51. The molecule has 0 aliphatic carbocycles. The lowest BCUT2D eigenvalue weighted by molar-refractivity contribution is -0.136. The Bertz CT molecular complexity index is 330. The number of carboxylic acid groups (broad SMARTS) is 1. The zero-order chi connectivity index (χ0) is 12.0. The number of carboxylic acids is 1. The highest BCUT2D eigenvalue weighted by molar-refractivity contribution is 5.67. The van der Waals surface area contributed by atoms with Crippen molar-refractivity contribution in [1.29, 1.82) is 0 Å². The summed E-state index contributed by atoms with van der Waals surface area (Å²) in [6.45, 7) is 4.86. The maximum absolute atomic E-state index is 10.3. The fourth-order valence-corrected chi connectivity index (χ4v) is 1.54. The highest BCUT2D eigenvalue weighted by atomic mass is 16.4. The van der Waals surface area contributed by atoms with Gasteiger partial charge in [0.15, 0.2) is 0 Å². The largest absolute Gasteiger partial charge is 0.481 e. The number of hydrogen-bond donors (Lipinski definition) is 2. The Labute approximate surface area is 96.5 Å². The molecular weight excluding hydrogens is 202 g/mol. The van der Waals surface area contributed by atoms with Crippen molar-refractivity contribution in [2.75, 3.05) is 11.9 Å². The molecule has 0 aliphatic heterocycles. The van der Waals surface area contributed by atoms with Crippen LogP contribution in [0.2, 0.25) is 0 Å². The molecule has 1 rings (SSSR count). The predicted molar refractivity (Wildman–Crippen MR) is 65.7 cm³/mol. The number of rotatable bonds is 6. The fourth-order valence-electron chi connectivity index (χ4n) is 1.54. The van der Waals surface area contributed by atoms with Gasteiger partial charge in [-0.1, -0.05) is 26.0 Å². The molecule has 0 aliphatic rings. The molecule has 3 nitrogen and oxygen atoms in total. The zero-order valence-electron chi connectivity index (χ0n) is 9.86. The van der Waals surface area contributed by atoms with Gasteiger partial charge in [0.1, 0.15) is 0 Å². The van der Waals surface area contributed by atoms with Gasteiger partial charge in [0.05, 0.1) is 6.42 Å². The molecule has 0 aromatic heterocycles. The van der Waals surface area contributed by atoms with Crippen molar-refractivity contribution < 1.29 is 9.90 Å². The third kappa shape index (κ3) is 4.82. The van der Waals surface area contributed by atoms with E-state index < -0.39 is 5.97 Å². The van der Waals surface area contributed by atoms with Gasteiger partial charge in [-0.3, -0.25) is 4.79 Å². The highest BCUT2D eigenvalue weighted by Crippen LogP contribution is 2.12. The van der Waals surface area contributed by atoms with Crippen molar-refractivity contribution >= 4 is 11.7 Å². The van der Waals surface area contributed by atoms with E-state index in [9.17, 15) is 4.79 Å². The van der Waals surface area contributed by atoms with E-state index in [2.05, 4.69) is 31.3 Å². The first kappa shape index (κ1) is 12.6. The van der Waals surface area contributed by atoms with Crippen molar-refractivity contribution in [3.63, 3.8) is 0 Å². The van der Waals surface area contributed by atoms with Crippen LogP contribution in [0.25, 0.3) is 0 Å². The lowest BCUT2D eigenvalue weighted by Crippen LogP contribution is -2.07. The summed E-state index contributed by atoms with van der Waals surface area (Å²) in [5.74, 6) is -0.116. The fraction of sp³-hybridized carbons (Fsp3) is 0.462. The first-order valence-electron chi connectivity index (χ1n) is 5.62. The summed E-state index contributed by atoms with van der Waals surface area (Å²) < 4.78 is 0. The quantitative estimate of drug-likeness (QED) is 0.776. The van der Waals surface area contributed by atoms with Crippen molar-refractivity contribution in [1.82, 2.24) is 0 Å². The van der Waals surface area contributed by atoms with Gasteiger partial charge >= 0.3 is 5.97 Å². The van der Waals surface area contributed by atoms with E-state index in [1.807, 2.05) is 12.1 Å². The summed E-state index contributed by atoms with van der Waals surface area (Å²) in [5.41, 5.74) is 2.30. The average molecular weight is 221 g/mol. The summed E-state index contributed by atoms with van der Waals surface area (Å²) in [4.78, 5) is 10.3. The molecule has 0 fully saturated rings. The molecule has 0 unspecified atom stereocenters. The summed E-state index contributed by atoms with van der Waals surface area (Å²) in [5, 5.41) is 11.6. The summed E-state index contributed by atoms with van der Waals surface area (Å²) in [6.07, 6.45) is 1.23. The van der Waals surface area contributed by atoms with E-state index in [-0.39, 0.29) is 6.42 Å². The van der Waals surface area contributed by atoms with Crippen LogP contribution < -0.4 is 5.32 Å². The molecular formula is C13H19NO2. The summed E-state index contributed by atoms with van der Waals surface area (Å²) >= 11 is 0. The van der Waals surface area contributed by atoms with Gasteiger partial charge in [-0.2, -0.15) is 0 Å². The van der Waals surface area contributed by atoms with Crippen LogP contribution >= 0.6 is 0 Å². The van der Waals surface area contributed by atoms with Crippen molar-refractivity contribution in [2.45, 2.75) is 26.7 Å². The third-order valence-electron chi connectivity index (χ3n) is 2.27. The second kappa shape index (κ2) is 6.16. The smallest absolute Gasteiger partial charge is 0.305 e. The number of benzene rings is 1. The van der Waals surface area contributed by atoms with E-state index in [4.69, 9.17) is 5.11 Å². The Kier molecular flexibility index (Phi) is 4.83. The van der Waals surface area contributed by atoms with Gasteiger partial charge in [-0.05, 0) is 30.0 Å². The van der Waals surface area contributed by atoms with Crippen LogP contribution in [0.4, 0.5) is 5.69 Å². The topological polar surface area (TPSA) is 49.3 Å². The molecule has 0 amide bonds. The van der Waals surface area contributed by atoms with Crippen LogP contribution in [0.15, 0.2) is 24.3 Å². The van der Waals surface area contributed by atoms with Crippen molar-refractivity contribution in [2.24, 2.45) is 5.92 Å². The number of carbonyl (C=O) groups is 1.